The van der Waals surface area contributed by atoms with Crippen molar-refractivity contribution in [2.45, 2.75) is 38.2 Å². The van der Waals surface area contributed by atoms with Gasteiger partial charge in [-0.1, -0.05) is 5.21 Å². The highest BCUT2D eigenvalue weighted by atomic mass is 16.5. The van der Waals surface area contributed by atoms with E-state index >= 15 is 0 Å². The smallest absolute Gasteiger partial charge is 0.255 e. The van der Waals surface area contributed by atoms with Crippen LogP contribution in [0, 0.1) is 0 Å². The molecule has 0 radical (unpaired) electrons. The van der Waals surface area contributed by atoms with Gasteiger partial charge in [0.15, 0.2) is 0 Å². The van der Waals surface area contributed by atoms with Gasteiger partial charge < -0.3 is 14.4 Å². The molecule has 2 aliphatic rings. The second-order valence-electron chi connectivity index (χ2n) is 6.58. The lowest BCUT2D eigenvalue weighted by Gasteiger charge is -2.43. The first kappa shape index (κ1) is 16.2. The number of ether oxygens (including phenoxy) is 2. The van der Waals surface area contributed by atoms with Gasteiger partial charge in [-0.2, -0.15) is 0 Å². The number of methoxy groups -OCH3 is 1. The van der Waals surface area contributed by atoms with Crippen LogP contribution >= 0.6 is 0 Å². The first-order valence-electron chi connectivity index (χ1n) is 8.44. The second kappa shape index (κ2) is 6.53. The van der Waals surface area contributed by atoms with E-state index < -0.39 is 0 Å². The molecule has 1 amide bonds. The topological polar surface area (TPSA) is 82.4 Å². The molecule has 4 heterocycles. The Kier molecular flexibility index (Phi) is 4.22. The van der Waals surface area contributed by atoms with Crippen LogP contribution in [0.2, 0.25) is 0 Å². The van der Waals surface area contributed by atoms with E-state index in [0.717, 1.165) is 24.2 Å². The first-order valence-corrected chi connectivity index (χ1v) is 8.44. The van der Waals surface area contributed by atoms with Crippen molar-refractivity contribution >= 4 is 5.91 Å². The van der Waals surface area contributed by atoms with E-state index in [1.165, 1.54) is 0 Å². The number of nitrogens with zero attached hydrogens (tertiary/aromatic N) is 5. The molecule has 2 aromatic rings. The predicted molar refractivity (Wildman–Crippen MR) is 87.6 cm³/mol. The summed E-state index contributed by atoms with van der Waals surface area (Å²) in [4.78, 5) is 18.4. The molecule has 25 heavy (non-hydrogen) atoms. The molecule has 0 N–H and O–H groups in total. The van der Waals surface area contributed by atoms with Gasteiger partial charge in [-0.25, -0.2) is 4.68 Å². The van der Waals surface area contributed by atoms with Crippen molar-refractivity contribution in [3.05, 3.63) is 41.5 Å². The lowest BCUT2D eigenvalue weighted by atomic mass is 9.89. The molecule has 0 saturated carbocycles. The van der Waals surface area contributed by atoms with Gasteiger partial charge in [-0.3, -0.25) is 9.78 Å². The zero-order valence-electron chi connectivity index (χ0n) is 14.2. The lowest BCUT2D eigenvalue weighted by molar-refractivity contribution is -0.120. The molecule has 0 aromatic carbocycles. The van der Waals surface area contributed by atoms with Gasteiger partial charge in [0.2, 0.25) is 0 Å². The molecule has 1 spiro atoms. The number of hydrogen-bond acceptors (Lipinski definition) is 6. The minimum atomic E-state index is -0.267. The number of amides is 1. The van der Waals surface area contributed by atoms with E-state index in [1.807, 2.05) is 9.58 Å². The maximum atomic E-state index is 12.5. The van der Waals surface area contributed by atoms with Crippen LogP contribution in [0.4, 0.5) is 0 Å². The van der Waals surface area contributed by atoms with Crippen molar-refractivity contribution in [1.29, 1.82) is 0 Å². The van der Waals surface area contributed by atoms with Gasteiger partial charge in [0, 0.05) is 32.6 Å². The van der Waals surface area contributed by atoms with E-state index in [9.17, 15) is 4.79 Å². The molecule has 8 nitrogen and oxygen atoms in total. The molecule has 0 unspecified atom stereocenters. The number of fused-ring (bicyclic) bond motifs is 1. The van der Waals surface area contributed by atoms with Crippen molar-refractivity contribution in [2.75, 3.05) is 20.2 Å². The van der Waals surface area contributed by atoms with Gasteiger partial charge in [-0.15, -0.1) is 5.10 Å². The number of aromatic nitrogens is 4. The zero-order valence-corrected chi connectivity index (χ0v) is 14.2. The van der Waals surface area contributed by atoms with Crippen molar-refractivity contribution in [3.63, 3.8) is 0 Å². The summed E-state index contributed by atoms with van der Waals surface area (Å²) < 4.78 is 13.3. The first-order chi connectivity index (χ1) is 12.2. The Balaban J connectivity index is 1.42. The fourth-order valence-corrected chi connectivity index (χ4v) is 3.53. The Labute approximate surface area is 145 Å². The van der Waals surface area contributed by atoms with Crippen LogP contribution in [0.15, 0.2) is 24.5 Å². The summed E-state index contributed by atoms with van der Waals surface area (Å²) in [5.74, 6) is 0.0302. The zero-order chi connectivity index (χ0) is 17.3. The second-order valence-corrected chi connectivity index (χ2v) is 6.58. The molecular weight excluding hydrogens is 322 g/mol. The Morgan fingerprint density at radius 2 is 2.24 bits per heavy atom. The maximum Gasteiger partial charge on any atom is 0.255 e. The summed E-state index contributed by atoms with van der Waals surface area (Å²) in [6, 6.07) is 3.59. The Hall–Kier alpha value is -2.32. The normalized spacial score (nSPS) is 19.0. The molecular formula is C17H21N5O3. The van der Waals surface area contributed by atoms with Crippen LogP contribution in [-0.2, 0) is 29.2 Å². The molecule has 0 bridgehead atoms. The summed E-state index contributed by atoms with van der Waals surface area (Å²) in [7, 11) is 1.64. The van der Waals surface area contributed by atoms with Crippen molar-refractivity contribution in [2.24, 2.45) is 0 Å². The Morgan fingerprint density at radius 3 is 2.96 bits per heavy atom. The minimum Gasteiger partial charge on any atom is -0.378 e. The van der Waals surface area contributed by atoms with E-state index in [0.29, 0.717) is 38.4 Å². The molecule has 2 aromatic heterocycles. The average molecular weight is 343 g/mol. The Bertz CT molecular complexity index is 753. The Morgan fingerprint density at radius 1 is 1.40 bits per heavy atom. The summed E-state index contributed by atoms with van der Waals surface area (Å²) in [6.07, 6.45) is 4.87. The van der Waals surface area contributed by atoms with Crippen LogP contribution in [0.3, 0.4) is 0 Å². The molecule has 1 fully saturated rings. The molecule has 8 heteroatoms. The van der Waals surface area contributed by atoms with Gasteiger partial charge in [0.1, 0.15) is 5.69 Å². The molecule has 1 saturated heterocycles. The van der Waals surface area contributed by atoms with Gasteiger partial charge in [-0.05, 0) is 25.0 Å². The van der Waals surface area contributed by atoms with E-state index in [2.05, 4.69) is 15.3 Å². The standard InChI is InChI=1S/C17H21N5O3/c1-24-10-14-15-11-25-17(12-22(15)20-19-14)4-7-21(8-5-17)16(23)13-3-2-6-18-9-13/h2-3,6,9H,4-5,7-8,10-12H2,1H3. The molecule has 4 rings (SSSR count). The van der Waals surface area contributed by atoms with Gasteiger partial charge >= 0.3 is 0 Å². The van der Waals surface area contributed by atoms with E-state index in [1.54, 1.807) is 31.6 Å². The minimum absolute atomic E-state index is 0.0302. The number of hydrogen-bond donors (Lipinski definition) is 0. The summed E-state index contributed by atoms with van der Waals surface area (Å²) in [6.45, 7) is 2.95. The molecule has 0 aliphatic carbocycles. The fraction of sp³-hybridized carbons (Fsp3) is 0.529. The van der Waals surface area contributed by atoms with Crippen molar-refractivity contribution in [1.82, 2.24) is 24.9 Å². The van der Waals surface area contributed by atoms with Crippen LogP contribution in [0.25, 0.3) is 0 Å². The summed E-state index contributed by atoms with van der Waals surface area (Å²) >= 11 is 0. The number of carbonyl (C=O) groups excluding carboxylic acids is 1. The fourth-order valence-electron chi connectivity index (χ4n) is 3.53. The largest absolute Gasteiger partial charge is 0.378 e. The highest BCUT2D eigenvalue weighted by molar-refractivity contribution is 5.93. The molecule has 0 atom stereocenters. The quantitative estimate of drug-likeness (QED) is 0.828. The van der Waals surface area contributed by atoms with Crippen molar-refractivity contribution < 1.29 is 14.3 Å². The highest BCUT2D eigenvalue weighted by Gasteiger charge is 2.41. The van der Waals surface area contributed by atoms with E-state index in [-0.39, 0.29) is 11.5 Å². The van der Waals surface area contributed by atoms with E-state index in [4.69, 9.17) is 9.47 Å². The maximum absolute atomic E-state index is 12.5. The van der Waals surface area contributed by atoms with Gasteiger partial charge in [0.05, 0.1) is 36.6 Å². The highest BCUT2D eigenvalue weighted by Crippen LogP contribution is 2.33. The van der Waals surface area contributed by atoms with Crippen LogP contribution < -0.4 is 0 Å². The third-order valence-corrected chi connectivity index (χ3v) is 5.02. The summed E-state index contributed by atoms with van der Waals surface area (Å²) in [5, 5.41) is 8.43. The number of likely N-dealkylation sites (tertiary alicyclic amines) is 1. The SMILES string of the molecule is COCc1nnn2c1COC1(CCN(C(=O)c3cccnc3)CC1)C2. The number of carbonyl (C=O) groups is 1. The monoisotopic (exact) mass is 343 g/mol. The third-order valence-electron chi connectivity index (χ3n) is 5.02. The van der Waals surface area contributed by atoms with Crippen LogP contribution in [0.5, 0.6) is 0 Å². The molecule has 2 aliphatic heterocycles. The average Bonchev–Trinajstić information content (AvgIpc) is 3.05. The number of piperidine rings is 1. The lowest BCUT2D eigenvalue weighted by Crippen LogP contribution is -2.52. The predicted octanol–water partition coefficient (Wildman–Crippen LogP) is 1.02. The number of rotatable bonds is 3. The van der Waals surface area contributed by atoms with Crippen molar-refractivity contribution in [3.8, 4) is 0 Å². The summed E-state index contributed by atoms with van der Waals surface area (Å²) in [5.41, 5.74) is 2.19. The number of pyridine rings is 1. The van der Waals surface area contributed by atoms with Crippen LogP contribution in [-0.4, -0.2) is 56.6 Å². The third kappa shape index (κ3) is 3.03. The van der Waals surface area contributed by atoms with Gasteiger partial charge in [0.25, 0.3) is 5.91 Å². The molecule has 132 valence electrons. The van der Waals surface area contributed by atoms with Crippen LogP contribution in [0.1, 0.15) is 34.6 Å².